The molecule has 0 saturated carbocycles. The summed E-state index contributed by atoms with van der Waals surface area (Å²) in [6.45, 7) is 2.00. The number of benzene rings is 2. The predicted molar refractivity (Wildman–Crippen MR) is 103 cm³/mol. The van der Waals surface area contributed by atoms with Crippen molar-refractivity contribution in [2.24, 2.45) is 0 Å². The van der Waals surface area contributed by atoms with Crippen LogP contribution in [0.25, 0.3) is 0 Å². The fraction of sp³-hybridized carbons (Fsp3) is 0.278. The number of anilines is 2. The Morgan fingerprint density at radius 1 is 1.15 bits per heavy atom. The number of nitrogens with zero attached hydrogens (tertiary/aromatic N) is 2. The van der Waals surface area contributed by atoms with Crippen LogP contribution >= 0.6 is 0 Å². The lowest BCUT2D eigenvalue weighted by atomic mass is 10.1. The molecule has 8 nitrogen and oxygen atoms in total. The number of sulfonamides is 1. The largest absolute Gasteiger partial charge is 0.321 e. The van der Waals surface area contributed by atoms with Crippen LogP contribution in [0.5, 0.6) is 0 Å². The molecule has 1 saturated heterocycles. The van der Waals surface area contributed by atoms with Crippen LogP contribution in [-0.2, 0) is 10.0 Å². The quantitative estimate of drug-likeness (QED) is 0.638. The molecular weight excluding hydrogens is 370 g/mol. The van der Waals surface area contributed by atoms with E-state index < -0.39 is 20.9 Å². The molecule has 1 amide bonds. The van der Waals surface area contributed by atoms with Crippen molar-refractivity contribution in [3.63, 3.8) is 0 Å². The molecule has 1 aliphatic rings. The van der Waals surface area contributed by atoms with Gasteiger partial charge in [-0.15, -0.1) is 0 Å². The number of hydrogen-bond acceptors (Lipinski definition) is 5. The van der Waals surface area contributed by atoms with Gasteiger partial charge in [0.15, 0.2) is 0 Å². The summed E-state index contributed by atoms with van der Waals surface area (Å²) in [6.07, 6.45) is 1.45. The smallest absolute Gasteiger partial charge is 0.274 e. The SMILES string of the molecule is Cc1c(NC(=O)c2ccc(N3CCCCS3(=O)=O)cc2)cccc1[N+](=O)[O-]. The number of nitrogens with one attached hydrogen (secondary N) is 1. The third-order valence-corrected chi connectivity index (χ3v) is 6.39. The van der Waals surface area contributed by atoms with Crippen molar-refractivity contribution in [3.8, 4) is 0 Å². The van der Waals surface area contributed by atoms with Gasteiger partial charge >= 0.3 is 0 Å². The summed E-state index contributed by atoms with van der Waals surface area (Å²) in [5, 5.41) is 13.7. The van der Waals surface area contributed by atoms with E-state index in [9.17, 15) is 23.3 Å². The molecule has 0 radical (unpaired) electrons. The maximum atomic E-state index is 12.4. The summed E-state index contributed by atoms with van der Waals surface area (Å²) in [7, 11) is -3.31. The van der Waals surface area contributed by atoms with Gasteiger partial charge in [0, 0.05) is 18.2 Å². The molecule has 0 unspecified atom stereocenters. The topological polar surface area (TPSA) is 110 Å². The molecule has 27 heavy (non-hydrogen) atoms. The first-order valence-electron chi connectivity index (χ1n) is 8.45. The van der Waals surface area contributed by atoms with Crippen LogP contribution in [-0.4, -0.2) is 31.5 Å². The molecule has 1 heterocycles. The third-order valence-electron chi connectivity index (χ3n) is 4.52. The summed E-state index contributed by atoms with van der Waals surface area (Å²) in [5.41, 5.74) is 1.51. The Kier molecular flexibility index (Phi) is 5.13. The molecule has 0 aliphatic carbocycles. The van der Waals surface area contributed by atoms with Crippen molar-refractivity contribution in [2.45, 2.75) is 19.8 Å². The molecule has 2 aromatic rings. The number of amides is 1. The molecule has 1 fully saturated rings. The minimum Gasteiger partial charge on any atom is -0.321 e. The highest BCUT2D eigenvalue weighted by atomic mass is 32.2. The normalized spacial score (nSPS) is 16.0. The molecule has 0 spiro atoms. The van der Waals surface area contributed by atoms with Crippen molar-refractivity contribution in [2.75, 3.05) is 21.9 Å². The lowest BCUT2D eigenvalue weighted by Gasteiger charge is -2.28. The van der Waals surface area contributed by atoms with Gasteiger partial charge in [-0.2, -0.15) is 0 Å². The fourth-order valence-electron chi connectivity index (χ4n) is 3.01. The first-order chi connectivity index (χ1) is 12.8. The number of rotatable bonds is 4. The minimum atomic E-state index is -3.31. The van der Waals surface area contributed by atoms with Crippen LogP contribution in [0.4, 0.5) is 17.1 Å². The van der Waals surface area contributed by atoms with E-state index in [0.717, 1.165) is 6.42 Å². The van der Waals surface area contributed by atoms with Gasteiger partial charge < -0.3 is 5.32 Å². The van der Waals surface area contributed by atoms with Gasteiger partial charge in [0.05, 0.1) is 27.6 Å². The highest BCUT2D eigenvalue weighted by Gasteiger charge is 2.26. The van der Waals surface area contributed by atoms with Crippen LogP contribution < -0.4 is 9.62 Å². The van der Waals surface area contributed by atoms with E-state index in [1.165, 1.54) is 16.4 Å². The Labute approximate surface area is 157 Å². The monoisotopic (exact) mass is 389 g/mol. The van der Waals surface area contributed by atoms with E-state index in [0.29, 0.717) is 35.5 Å². The fourth-order valence-corrected chi connectivity index (χ4v) is 4.65. The van der Waals surface area contributed by atoms with E-state index in [2.05, 4.69) is 5.32 Å². The van der Waals surface area contributed by atoms with E-state index in [-0.39, 0.29) is 11.4 Å². The number of hydrogen-bond donors (Lipinski definition) is 1. The third kappa shape index (κ3) is 3.92. The highest BCUT2D eigenvalue weighted by Crippen LogP contribution is 2.26. The Morgan fingerprint density at radius 2 is 1.85 bits per heavy atom. The average Bonchev–Trinajstić information content (AvgIpc) is 2.63. The van der Waals surface area contributed by atoms with Gasteiger partial charge in [-0.05, 0) is 50.1 Å². The number of carbonyl (C=O) groups excluding carboxylic acids is 1. The Morgan fingerprint density at radius 3 is 2.48 bits per heavy atom. The van der Waals surface area contributed by atoms with Crippen LogP contribution in [0.15, 0.2) is 42.5 Å². The van der Waals surface area contributed by atoms with Crippen LogP contribution in [0.3, 0.4) is 0 Å². The first kappa shape index (κ1) is 18.8. The molecule has 3 rings (SSSR count). The predicted octanol–water partition coefficient (Wildman–Crippen LogP) is 3.09. The van der Waals surface area contributed by atoms with Crippen molar-refractivity contribution in [3.05, 3.63) is 63.7 Å². The van der Waals surface area contributed by atoms with E-state index in [4.69, 9.17) is 0 Å². The van der Waals surface area contributed by atoms with E-state index in [1.807, 2.05) is 0 Å². The Balaban J connectivity index is 1.79. The lowest BCUT2D eigenvalue weighted by Crippen LogP contribution is -2.37. The van der Waals surface area contributed by atoms with Crippen molar-refractivity contribution >= 4 is 33.0 Å². The van der Waals surface area contributed by atoms with E-state index >= 15 is 0 Å². The molecule has 0 bridgehead atoms. The van der Waals surface area contributed by atoms with Gasteiger partial charge in [-0.1, -0.05) is 6.07 Å². The maximum Gasteiger partial charge on any atom is 0.274 e. The van der Waals surface area contributed by atoms with Crippen LogP contribution in [0.1, 0.15) is 28.8 Å². The van der Waals surface area contributed by atoms with Crippen molar-refractivity contribution < 1.29 is 18.1 Å². The molecule has 1 N–H and O–H groups in total. The summed E-state index contributed by atoms with van der Waals surface area (Å²) in [6, 6.07) is 10.7. The van der Waals surface area contributed by atoms with Crippen molar-refractivity contribution in [1.29, 1.82) is 0 Å². The summed E-state index contributed by atoms with van der Waals surface area (Å²) >= 11 is 0. The molecule has 0 aromatic heterocycles. The second-order valence-corrected chi connectivity index (χ2v) is 8.32. The van der Waals surface area contributed by atoms with Crippen LogP contribution in [0, 0.1) is 17.0 Å². The van der Waals surface area contributed by atoms with Gasteiger partial charge in [0.2, 0.25) is 10.0 Å². The first-order valence-corrected chi connectivity index (χ1v) is 10.1. The number of nitro groups is 1. The molecule has 0 atom stereocenters. The van der Waals surface area contributed by atoms with Gasteiger partial charge in [-0.3, -0.25) is 19.2 Å². The summed E-state index contributed by atoms with van der Waals surface area (Å²) in [4.78, 5) is 23.0. The van der Waals surface area contributed by atoms with Gasteiger partial charge in [-0.25, -0.2) is 8.42 Å². The molecule has 142 valence electrons. The molecule has 2 aromatic carbocycles. The molecule has 1 aliphatic heterocycles. The number of carbonyl (C=O) groups is 1. The van der Waals surface area contributed by atoms with E-state index in [1.54, 1.807) is 37.3 Å². The molecule has 9 heteroatoms. The second kappa shape index (κ2) is 7.36. The molecular formula is C18H19N3O5S. The zero-order chi connectivity index (χ0) is 19.6. The number of nitro benzene ring substituents is 1. The van der Waals surface area contributed by atoms with Gasteiger partial charge in [0.1, 0.15) is 0 Å². The standard InChI is InChI=1S/C18H19N3O5S/c1-13-16(5-4-6-17(13)21(23)24)19-18(22)14-7-9-15(10-8-14)20-11-2-3-12-27(20,25)26/h4-10H,2-3,11-12H2,1H3,(H,19,22). The zero-order valence-corrected chi connectivity index (χ0v) is 15.5. The Bertz CT molecular complexity index is 987. The van der Waals surface area contributed by atoms with Crippen LogP contribution in [0.2, 0.25) is 0 Å². The summed E-state index contributed by atoms with van der Waals surface area (Å²) in [5.74, 6) is -0.298. The Hall–Kier alpha value is -2.94. The second-order valence-electron chi connectivity index (χ2n) is 6.30. The highest BCUT2D eigenvalue weighted by molar-refractivity contribution is 7.92. The summed E-state index contributed by atoms with van der Waals surface area (Å²) < 4.78 is 25.7. The van der Waals surface area contributed by atoms with Gasteiger partial charge in [0.25, 0.3) is 11.6 Å². The minimum absolute atomic E-state index is 0.0709. The zero-order valence-electron chi connectivity index (χ0n) is 14.7. The average molecular weight is 389 g/mol. The lowest BCUT2D eigenvalue weighted by molar-refractivity contribution is -0.385. The van der Waals surface area contributed by atoms with Crippen molar-refractivity contribution in [1.82, 2.24) is 0 Å². The maximum absolute atomic E-state index is 12.4.